The van der Waals surface area contributed by atoms with Crippen LogP contribution in [0.3, 0.4) is 0 Å². The minimum Gasteiger partial charge on any atom is -0.387 e. The van der Waals surface area contributed by atoms with Crippen LogP contribution in [0.2, 0.25) is 0 Å². The second kappa shape index (κ2) is 6.21. The molecule has 2 aromatic rings. The van der Waals surface area contributed by atoms with Gasteiger partial charge in [-0.1, -0.05) is 60.7 Å². The van der Waals surface area contributed by atoms with Crippen LogP contribution in [0, 0.1) is 0 Å². The Hall–Kier alpha value is -1.64. The Balaban J connectivity index is 1.70. The van der Waals surface area contributed by atoms with Gasteiger partial charge in [-0.2, -0.15) is 0 Å². The summed E-state index contributed by atoms with van der Waals surface area (Å²) in [5, 5.41) is 10.4. The molecule has 0 radical (unpaired) electrons. The third-order valence-corrected chi connectivity index (χ3v) is 4.14. The molecule has 1 N–H and O–H groups in total. The van der Waals surface area contributed by atoms with Gasteiger partial charge in [0.2, 0.25) is 0 Å². The molecule has 0 spiro atoms. The zero-order valence-corrected chi connectivity index (χ0v) is 11.7. The molecule has 3 rings (SSSR count). The Labute approximate surface area is 120 Å². The molecule has 0 amide bonds. The van der Waals surface area contributed by atoms with Crippen LogP contribution < -0.4 is 0 Å². The molecule has 2 atom stereocenters. The molecule has 1 unspecified atom stereocenters. The zero-order valence-electron chi connectivity index (χ0n) is 11.7. The van der Waals surface area contributed by atoms with Crippen molar-refractivity contribution in [3.63, 3.8) is 0 Å². The molecule has 2 heteroatoms. The van der Waals surface area contributed by atoms with E-state index < -0.39 is 6.10 Å². The number of aliphatic hydroxyl groups excluding tert-OH is 1. The molecule has 0 aromatic heterocycles. The molecule has 104 valence electrons. The Morgan fingerprint density at radius 2 is 1.65 bits per heavy atom. The monoisotopic (exact) mass is 267 g/mol. The first-order valence-electron chi connectivity index (χ1n) is 7.36. The fourth-order valence-electron chi connectivity index (χ4n) is 3.10. The highest BCUT2D eigenvalue weighted by Gasteiger charge is 2.27. The highest BCUT2D eigenvalue weighted by molar-refractivity contribution is 5.21. The number of rotatable bonds is 4. The van der Waals surface area contributed by atoms with E-state index in [1.54, 1.807) is 0 Å². The van der Waals surface area contributed by atoms with Gasteiger partial charge in [-0.05, 0) is 30.5 Å². The fraction of sp³-hybridized carbons (Fsp3) is 0.333. The van der Waals surface area contributed by atoms with E-state index in [0.717, 1.165) is 12.1 Å². The van der Waals surface area contributed by atoms with Gasteiger partial charge >= 0.3 is 0 Å². The van der Waals surface area contributed by atoms with Crippen molar-refractivity contribution >= 4 is 0 Å². The molecule has 0 saturated carbocycles. The van der Waals surface area contributed by atoms with Crippen LogP contribution in [0.1, 0.15) is 36.1 Å². The van der Waals surface area contributed by atoms with Crippen LogP contribution in [-0.2, 0) is 0 Å². The van der Waals surface area contributed by atoms with Crippen LogP contribution in [0.25, 0.3) is 0 Å². The maximum absolute atomic E-state index is 10.4. The van der Waals surface area contributed by atoms with Crippen molar-refractivity contribution in [3.8, 4) is 0 Å². The molecule has 1 saturated heterocycles. The smallest absolute Gasteiger partial charge is 0.0917 e. The molecule has 1 heterocycles. The van der Waals surface area contributed by atoms with Gasteiger partial charge < -0.3 is 5.11 Å². The topological polar surface area (TPSA) is 23.5 Å². The third kappa shape index (κ3) is 2.92. The van der Waals surface area contributed by atoms with Gasteiger partial charge in [0, 0.05) is 12.6 Å². The van der Waals surface area contributed by atoms with Crippen LogP contribution in [0.15, 0.2) is 60.7 Å². The van der Waals surface area contributed by atoms with E-state index in [4.69, 9.17) is 0 Å². The number of aliphatic hydroxyl groups is 1. The molecule has 20 heavy (non-hydrogen) atoms. The Bertz CT molecular complexity index is 526. The summed E-state index contributed by atoms with van der Waals surface area (Å²) < 4.78 is 0. The minimum absolute atomic E-state index is 0.402. The van der Waals surface area contributed by atoms with Crippen LogP contribution in [-0.4, -0.2) is 23.1 Å². The summed E-state index contributed by atoms with van der Waals surface area (Å²) in [4.78, 5) is 2.41. The van der Waals surface area contributed by atoms with Crippen molar-refractivity contribution < 1.29 is 5.11 Å². The predicted molar refractivity (Wildman–Crippen MR) is 81.4 cm³/mol. The van der Waals surface area contributed by atoms with Gasteiger partial charge in [0.25, 0.3) is 0 Å². The number of likely N-dealkylation sites (tertiary alicyclic amines) is 1. The van der Waals surface area contributed by atoms with Gasteiger partial charge in [0.05, 0.1) is 6.10 Å². The van der Waals surface area contributed by atoms with Crippen molar-refractivity contribution in [3.05, 3.63) is 71.8 Å². The lowest BCUT2D eigenvalue weighted by Crippen LogP contribution is -2.28. The largest absolute Gasteiger partial charge is 0.387 e. The van der Waals surface area contributed by atoms with Crippen molar-refractivity contribution in [2.75, 3.05) is 13.1 Å². The highest BCUT2D eigenvalue weighted by atomic mass is 16.3. The molecule has 1 aliphatic rings. The molecule has 0 bridgehead atoms. The van der Waals surface area contributed by atoms with E-state index in [9.17, 15) is 5.11 Å². The van der Waals surface area contributed by atoms with E-state index in [1.165, 1.54) is 18.4 Å². The second-order valence-corrected chi connectivity index (χ2v) is 5.49. The van der Waals surface area contributed by atoms with E-state index in [2.05, 4.69) is 35.2 Å². The number of hydrogen-bond acceptors (Lipinski definition) is 2. The van der Waals surface area contributed by atoms with Crippen molar-refractivity contribution in [1.29, 1.82) is 0 Å². The lowest BCUT2D eigenvalue weighted by molar-refractivity contribution is 0.106. The van der Waals surface area contributed by atoms with Crippen molar-refractivity contribution in [1.82, 2.24) is 4.90 Å². The third-order valence-electron chi connectivity index (χ3n) is 4.14. The number of benzene rings is 2. The lowest BCUT2D eigenvalue weighted by Gasteiger charge is -2.27. The number of β-amino-alcohol motifs (C(OH)–C–C–N with tert-alkyl or cyclic N) is 1. The highest BCUT2D eigenvalue weighted by Crippen LogP contribution is 2.33. The normalized spacial score (nSPS) is 20.9. The minimum atomic E-state index is -0.402. The van der Waals surface area contributed by atoms with Gasteiger partial charge in [0.15, 0.2) is 0 Å². The number of hydrogen-bond donors (Lipinski definition) is 1. The Morgan fingerprint density at radius 1 is 1.00 bits per heavy atom. The first-order valence-corrected chi connectivity index (χ1v) is 7.36. The van der Waals surface area contributed by atoms with Crippen LogP contribution in [0.4, 0.5) is 0 Å². The maximum Gasteiger partial charge on any atom is 0.0917 e. The van der Waals surface area contributed by atoms with E-state index in [0.29, 0.717) is 12.6 Å². The summed E-state index contributed by atoms with van der Waals surface area (Å²) >= 11 is 0. The maximum atomic E-state index is 10.4. The molecule has 1 fully saturated rings. The van der Waals surface area contributed by atoms with E-state index in [1.807, 2.05) is 30.3 Å². The Morgan fingerprint density at radius 3 is 2.35 bits per heavy atom. The average molecular weight is 267 g/mol. The molecule has 1 aliphatic heterocycles. The Kier molecular flexibility index (Phi) is 4.14. The van der Waals surface area contributed by atoms with Gasteiger partial charge in [-0.25, -0.2) is 0 Å². The summed E-state index contributed by atoms with van der Waals surface area (Å²) in [7, 11) is 0. The molecule has 2 nitrogen and oxygen atoms in total. The summed E-state index contributed by atoms with van der Waals surface area (Å²) in [6.45, 7) is 1.78. The molecule has 0 aliphatic carbocycles. The average Bonchev–Trinajstić information content (AvgIpc) is 2.97. The summed E-state index contributed by atoms with van der Waals surface area (Å²) in [5.74, 6) is 0. The van der Waals surface area contributed by atoms with E-state index in [-0.39, 0.29) is 0 Å². The van der Waals surface area contributed by atoms with Crippen molar-refractivity contribution in [2.24, 2.45) is 0 Å². The summed E-state index contributed by atoms with van der Waals surface area (Å²) in [5.41, 5.74) is 2.37. The SMILES string of the molecule is OC(CN1CCC[C@@H]1c1ccccc1)c1ccccc1. The number of nitrogens with zero attached hydrogens (tertiary/aromatic N) is 1. The van der Waals surface area contributed by atoms with Crippen LogP contribution in [0.5, 0.6) is 0 Å². The lowest BCUT2D eigenvalue weighted by atomic mass is 10.0. The molecule has 2 aromatic carbocycles. The van der Waals surface area contributed by atoms with Gasteiger partial charge in [-0.15, -0.1) is 0 Å². The summed E-state index contributed by atoms with van der Waals surface area (Å²) in [6, 6.07) is 21.0. The van der Waals surface area contributed by atoms with Crippen LogP contribution >= 0.6 is 0 Å². The fourth-order valence-corrected chi connectivity index (χ4v) is 3.10. The first kappa shape index (κ1) is 13.3. The van der Waals surface area contributed by atoms with E-state index >= 15 is 0 Å². The van der Waals surface area contributed by atoms with Gasteiger partial charge in [-0.3, -0.25) is 4.90 Å². The quantitative estimate of drug-likeness (QED) is 0.915. The zero-order chi connectivity index (χ0) is 13.8. The molecular weight excluding hydrogens is 246 g/mol. The standard InChI is InChI=1S/C18H21NO/c20-18(16-10-5-2-6-11-16)14-19-13-7-12-17(19)15-8-3-1-4-9-15/h1-6,8-11,17-18,20H,7,12-14H2/t17-,18?/m1/s1. The van der Waals surface area contributed by atoms with Crippen molar-refractivity contribution in [2.45, 2.75) is 25.0 Å². The van der Waals surface area contributed by atoms with Gasteiger partial charge in [0.1, 0.15) is 0 Å². The molecular formula is C18H21NO. The first-order chi connectivity index (χ1) is 9.84. The predicted octanol–water partition coefficient (Wildman–Crippen LogP) is 3.56. The summed E-state index contributed by atoms with van der Waals surface area (Å²) in [6.07, 6.45) is 1.99. The second-order valence-electron chi connectivity index (χ2n) is 5.49.